The average molecular weight is 522 g/mol. The number of piperidine rings is 1. The van der Waals surface area contributed by atoms with Gasteiger partial charge in [-0.25, -0.2) is 17.5 Å². The molecule has 3 N–H and O–H groups in total. The molecule has 1 fully saturated rings. The van der Waals surface area contributed by atoms with E-state index in [4.69, 9.17) is 19.9 Å². The molecule has 1 heterocycles. The second-order valence-electron chi connectivity index (χ2n) is 9.13. The van der Waals surface area contributed by atoms with Crippen LogP contribution in [0.4, 0.5) is 4.39 Å². The van der Waals surface area contributed by atoms with Gasteiger partial charge >= 0.3 is 0 Å². The van der Waals surface area contributed by atoms with Gasteiger partial charge in [0.1, 0.15) is 17.7 Å². The molecule has 36 heavy (non-hydrogen) atoms. The van der Waals surface area contributed by atoms with Gasteiger partial charge in [0.15, 0.2) is 0 Å². The Morgan fingerprint density at radius 2 is 1.69 bits per heavy atom. The molecule has 0 amide bonds. The summed E-state index contributed by atoms with van der Waals surface area (Å²) in [6.07, 6.45) is 4.05. The third-order valence-electron chi connectivity index (χ3n) is 6.62. The monoisotopic (exact) mass is 521 g/mol. The summed E-state index contributed by atoms with van der Waals surface area (Å²) < 4.78 is 58.8. The Labute approximate surface area is 213 Å². The van der Waals surface area contributed by atoms with Crippen molar-refractivity contribution in [2.75, 3.05) is 52.6 Å². The lowest BCUT2D eigenvalue weighted by atomic mass is 10.0. The molecular formula is C26H36FN3O5S. The van der Waals surface area contributed by atoms with Gasteiger partial charge in [-0.15, -0.1) is 0 Å². The molecule has 2 atom stereocenters. The van der Waals surface area contributed by atoms with Gasteiger partial charge in [0.2, 0.25) is 10.0 Å². The lowest BCUT2D eigenvalue weighted by molar-refractivity contribution is 0.0530. The molecular weight excluding hydrogens is 485 g/mol. The van der Waals surface area contributed by atoms with Gasteiger partial charge in [-0.3, -0.25) is 4.90 Å². The van der Waals surface area contributed by atoms with Gasteiger partial charge in [-0.2, -0.15) is 0 Å². The lowest BCUT2D eigenvalue weighted by Crippen LogP contribution is -2.43. The van der Waals surface area contributed by atoms with Crippen molar-refractivity contribution < 1.29 is 27.0 Å². The number of nitrogens with two attached hydrogens (primary N) is 1. The Morgan fingerprint density at radius 1 is 0.972 bits per heavy atom. The second-order valence-corrected chi connectivity index (χ2v) is 10.9. The molecule has 0 bridgehead atoms. The van der Waals surface area contributed by atoms with E-state index in [1.807, 2.05) is 6.07 Å². The molecule has 0 saturated carbocycles. The first-order chi connectivity index (χ1) is 17.5. The fourth-order valence-corrected chi connectivity index (χ4v) is 5.86. The molecule has 2 aliphatic rings. The molecule has 1 aliphatic carbocycles. The van der Waals surface area contributed by atoms with Crippen molar-refractivity contribution in [3.63, 3.8) is 0 Å². The van der Waals surface area contributed by atoms with Crippen molar-refractivity contribution in [2.45, 2.75) is 42.7 Å². The Bertz CT molecular complexity index is 1080. The Hall–Kier alpha value is -2.08. The fourth-order valence-electron chi connectivity index (χ4n) is 4.85. The fraction of sp³-hybridized carbons (Fsp3) is 0.538. The van der Waals surface area contributed by atoms with Crippen LogP contribution in [-0.4, -0.2) is 72.0 Å². The molecule has 4 rings (SSSR count). The van der Waals surface area contributed by atoms with E-state index in [1.54, 1.807) is 18.2 Å². The van der Waals surface area contributed by atoms with Crippen molar-refractivity contribution >= 4 is 10.0 Å². The highest BCUT2D eigenvalue weighted by molar-refractivity contribution is 7.89. The van der Waals surface area contributed by atoms with Crippen LogP contribution >= 0.6 is 0 Å². The summed E-state index contributed by atoms with van der Waals surface area (Å²) >= 11 is 0. The van der Waals surface area contributed by atoms with E-state index in [9.17, 15) is 12.8 Å². The van der Waals surface area contributed by atoms with Crippen LogP contribution < -0.4 is 15.2 Å². The van der Waals surface area contributed by atoms with Gasteiger partial charge in [-0.05, 0) is 74.3 Å². The minimum Gasteiger partial charge on any atom is -0.484 e. The number of halogens is 1. The molecule has 0 radical (unpaired) electrons. The topological polar surface area (TPSA) is 103 Å². The molecule has 198 valence electrons. The van der Waals surface area contributed by atoms with Crippen LogP contribution in [-0.2, 0) is 25.9 Å². The molecule has 0 unspecified atom stereocenters. The zero-order chi connectivity index (χ0) is 25.4. The number of benzene rings is 2. The summed E-state index contributed by atoms with van der Waals surface area (Å²) in [5.41, 5.74) is 7.32. The molecule has 2 aromatic carbocycles. The number of likely N-dealkylation sites (tertiary alicyclic amines) is 1. The van der Waals surface area contributed by atoms with Crippen LogP contribution in [0.15, 0.2) is 47.4 Å². The van der Waals surface area contributed by atoms with E-state index in [-0.39, 0.29) is 36.0 Å². The quantitative estimate of drug-likeness (QED) is 0.391. The van der Waals surface area contributed by atoms with Gasteiger partial charge in [-0.1, -0.05) is 12.5 Å². The SMILES string of the molecule is NCCOCCOCCNS(=O)(=O)c1ccc(O[C@H]2c3cc(F)ccc3C[C@@H]2N2CCCCC2)cc1. The lowest BCUT2D eigenvalue weighted by Gasteiger charge is -2.35. The van der Waals surface area contributed by atoms with Crippen molar-refractivity contribution in [3.05, 3.63) is 59.4 Å². The van der Waals surface area contributed by atoms with Crippen molar-refractivity contribution in [3.8, 4) is 5.75 Å². The van der Waals surface area contributed by atoms with Crippen molar-refractivity contribution in [1.82, 2.24) is 9.62 Å². The first-order valence-electron chi connectivity index (χ1n) is 12.6. The van der Waals surface area contributed by atoms with E-state index in [0.29, 0.717) is 32.1 Å². The molecule has 0 aromatic heterocycles. The summed E-state index contributed by atoms with van der Waals surface area (Å²) in [5.74, 6) is 0.278. The third-order valence-corrected chi connectivity index (χ3v) is 8.10. The third kappa shape index (κ3) is 7.02. The zero-order valence-corrected chi connectivity index (χ0v) is 21.3. The van der Waals surface area contributed by atoms with Gasteiger partial charge in [0, 0.05) is 18.7 Å². The minimum absolute atomic E-state index is 0.132. The van der Waals surface area contributed by atoms with Crippen molar-refractivity contribution in [2.24, 2.45) is 5.73 Å². The minimum atomic E-state index is -3.68. The summed E-state index contributed by atoms with van der Waals surface area (Å²) in [4.78, 5) is 2.59. The standard InChI is InChI=1S/C26H36FN3O5S/c27-21-5-4-20-18-25(30-12-2-1-3-13-30)26(24(20)19-21)35-22-6-8-23(9-7-22)36(31,32)29-11-15-34-17-16-33-14-10-28/h4-9,19,25-26,29H,1-3,10-18,28H2/t25-,26-/m0/s1. The van der Waals surface area contributed by atoms with E-state index >= 15 is 0 Å². The number of nitrogens with zero attached hydrogens (tertiary/aromatic N) is 1. The molecule has 1 saturated heterocycles. The smallest absolute Gasteiger partial charge is 0.240 e. The van der Waals surface area contributed by atoms with E-state index in [2.05, 4.69) is 9.62 Å². The van der Waals surface area contributed by atoms with Gasteiger partial charge < -0.3 is 19.9 Å². The number of hydrogen-bond acceptors (Lipinski definition) is 7. The molecule has 2 aromatic rings. The predicted octanol–water partition coefficient (Wildman–Crippen LogP) is 2.63. The first-order valence-corrected chi connectivity index (χ1v) is 14.1. The normalized spacial score (nSPS) is 20.4. The van der Waals surface area contributed by atoms with Crippen LogP contribution in [0, 0.1) is 5.82 Å². The Balaban J connectivity index is 1.36. The van der Waals surface area contributed by atoms with Gasteiger partial charge in [0.25, 0.3) is 0 Å². The van der Waals surface area contributed by atoms with Crippen LogP contribution in [0.25, 0.3) is 0 Å². The Morgan fingerprint density at radius 3 is 2.42 bits per heavy atom. The predicted molar refractivity (Wildman–Crippen MR) is 135 cm³/mol. The van der Waals surface area contributed by atoms with Crippen LogP contribution in [0.5, 0.6) is 5.75 Å². The van der Waals surface area contributed by atoms with E-state index in [1.165, 1.54) is 24.6 Å². The highest BCUT2D eigenvalue weighted by Gasteiger charge is 2.38. The van der Waals surface area contributed by atoms with Gasteiger partial charge in [0.05, 0.1) is 37.4 Å². The molecule has 0 spiro atoms. The molecule has 10 heteroatoms. The largest absolute Gasteiger partial charge is 0.484 e. The van der Waals surface area contributed by atoms with Crippen LogP contribution in [0.1, 0.15) is 36.5 Å². The zero-order valence-electron chi connectivity index (χ0n) is 20.5. The number of ether oxygens (including phenoxy) is 3. The number of hydrogen-bond donors (Lipinski definition) is 2. The molecule has 1 aliphatic heterocycles. The number of rotatable bonds is 13. The maximum Gasteiger partial charge on any atom is 0.240 e. The van der Waals surface area contributed by atoms with Crippen LogP contribution in [0.3, 0.4) is 0 Å². The maximum atomic E-state index is 14.1. The highest BCUT2D eigenvalue weighted by Crippen LogP contribution is 2.39. The highest BCUT2D eigenvalue weighted by atomic mass is 32.2. The van der Waals surface area contributed by atoms with Crippen molar-refractivity contribution in [1.29, 1.82) is 0 Å². The second kappa shape index (κ2) is 12.9. The van der Waals surface area contributed by atoms with E-state index in [0.717, 1.165) is 43.5 Å². The first kappa shape index (κ1) is 27.0. The Kier molecular flexibility index (Phi) is 9.69. The number of nitrogens with one attached hydrogen (secondary N) is 1. The molecule has 8 nitrogen and oxygen atoms in total. The number of fused-ring (bicyclic) bond motifs is 1. The summed E-state index contributed by atoms with van der Waals surface area (Å²) in [6.45, 7) is 4.13. The van der Waals surface area contributed by atoms with E-state index < -0.39 is 10.0 Å². The van der Waals surface area contributed by atoms with Crippen LogP contribution in [0.2, 0.25) is 0 Å². The summed E-state index contributed by atoms with van der Waals surface area (Å²) in [6, 6.07) is 11.4. The summed E-state index contributed by atoms with van der Waals surface area (Å²) in [7, 11) is -3.68. The average Bonchev–Trinajstić information content (AvgIpc) is 3.24. The summed E-state index contributed by atoms with van der Waals surface area (Å²) in [5, 5.41) is 0. The maximum absolute atomic E-state index is 14.1. The number of sulfonamides is 1.